The van der Waals surface area contributed by atoms with Crippen LogP contribution in [0.15, 0.2) is 0 Å². The minimum Gasteiger partial charge on any atom is -0.381 e. The van der Waals surface area contributed by atoms with E-state index in [2.05, 4.69) is 10.6 Å². The normalized spacial score (nSPS) is 36.0. The molecule has 6 nitrogen and oxygen atoms in total. The predicted molar refractivity (Wildman–Crippen MR) is 96.6 cm³/mol. The Morgan fingerprint density at radius 2 is 2.00 bits per heavy atom. The number of carbonyl (C=O) groups is 2. The zero-order valence-electron chi connectivity index (χ0n) is 14.8. The molecule has 142 valence electrons. The fraction of sp³-hybridized carbons (Fsp3) is 0.889. The molecule has 7 heteroatoms. The van der Waals surface area contributed by atoms with Crippen LogP contribution in [0.1, 0.15) is 44.9 Å². The van der Waals surface area contributed by atoms with Gasteiger partial charge in [0.15, 0.2) is 0 Å². The fourth-order valence-electron chi connectivity index (χ4n) is 5.19. The lowest BCUT2D eigenvalue weighted by Crippen LogP contribution is -2.53. The number of ether oxygens (including phenoxy) is 1. The first-order chi connectivity index (χ1) is 11.7. The van der Waals surface area contributed by atoms with Crippen molar-refractivity contribution in [1.82, 2.24) is 15.5 Å². The summed E-state index contributed by atoms with van der Waals surface area (Å²) in [6.07, 6.45) is 7.02. The molecular weight excluding hydrogens is 342 g/mol. The smallest absolute Gasteiger partial charge is 0.245 e. The van der Waals surface area contributed by atoms with Crippen LogP contribution in [-0.2, 0) is 14.3 Å². The summed E-state index contributed by atoms with van der Waals surface area (Å²) in [5, 5.41) is 6.54. The zero-order chi connectivity index (χ0) is 16.6. The van der Waals surface area contributed by atoms with Crippen LogP contribution in [0.5, 0.6) is 0 Å². The van der Waals surface area contributed by atoms with E-state index in [0.717, 1.165) is 71.4 Å². The molecule has 4 rings (SSSR count). The highest BCUT2D eigenvalue weighted by Gasteiger charge is 2.51. The molecule has 25 heavy (non-hydrogen) atoms. The summed E-state index contributed by atoms with van der Waals surface area (Å²) >= 11 is 0. The molecule has 0 bridgehead atoms. The van der Waals surface area contributed by atoms with Gasteiger partial charge in [-0.15, -0.1) is 12.4 Å². The van der Waals surface area contributed by atoms with Crippen molar-refractivity contribution in [2.45, 2.75) is 57.0 Å². The van der Waals surface area contributed by atoms with Gasteiger partial charge in [-0.1, -0.05) is 12.8 Å². The van der Waals surface area contributed by atoms with Gasteiger partial charge in [-0.3, -0.25) is 9.59 Å². The maximum absolute atomic E-state index is 13.0. The first-order valence-corrected chi connectivity index (χ1v) is 9.61. The average Bonchev–Trinajstić information content (AvgIpc) is 3.21. The number of halogens is 1. The monoisotopic (exact) mass is 371 g/mol. The van der Waals surface area contributed by atoms with E-state index in [0.29, 0.717) is 12.0 Å². The largest absolute Gasteiger partial charge is 0.381 e. The van der Waals surface area contributed by atoms with Crippen LogP contribution < -0.4 is 10.6 Å². The molecular formula is C18H30ClN3O3. The van der Waals surface area contributed by atoms with Gasteiger partial charge >= 0.3 is 0 Å². The number of hydrogen-bond donors (Lipinski definition) is 2. The third-order valence-corrected chi connectivity index (χ3v) is 6.67. The number of hydrogen-bond acceptors (Lipinski definition) is 4. The van der Waals surface area contributed by atoms with Crippen molar-refractivity contribution in [2.24, 2.45) is 11.3 Å². The van der Waals surface area contributed by atoms with Crippen LogP contribution in [-0.4, -0.2) is 61.6 Å². The van der Waals surface area contributed by atoms with Crippen LogP contribution in [0, 0.1) is 11.3 Å². The van der Waals surface area contributed by atoms with E-state index >= 15 is 0 Å². The molecule has 1 unspecified atom stereocenters. The third-order valence-electron chi connectivity index (χ3n) is 6.67. The molecule has 3 heterocycles. The van der Waals surface area contributed by atoms with E-state index in [1.54, 1.807) is 0 Å². The van der Waals surface area contributed by atoms with Crippen molar-refractivity contribution < 1.29 is 14.3 Å². The highest BCUT2D eigenvalue weighted by molar-refractivity contribution is 5.92. The number of carbonyl (C=O) groups excluding carboxylic acids is 2. The Morgan fingerprint density at radius 1 is 1.20 bits per heavy atom. The second-order valence-corrected chi connectivity index (χ2v) is 7.92. The molecule has 0 aromatic heterocycles. The van der Waals surface area contributed by atoms with Gasteiger partial charge in [0.05, 0.1) is 5.41 Å². The van der Waals surface area contributed by atoms with Crippen molar-refractivity contribution in [3.8, 4) is 0 Å². The van der Waals surface area contributed by atoms with Gasteiger partial charge in [0.1, 0.15) is 6.04 Å². The van der Waals surface area contributed by atoms with Gasteiger partial charge in [-0.2, -0.15) is 0 Å². The van der Waals surface area contributed by atoms with Crippen LogP contribution in [0.25, 0.3) is 0 Å². The van der Waals surface area contributed by atoms with Crippen LogP contribution in [0.4, 0.5) is 0 Å². The molecule has 1 saturated carbocycles. The molecule has 2 amide bonds. The van der Waals surface area contributed by atoms with E-state index in [9.17, 15) is 9.59 Å². The summed E-state index contributed by atoms with van der Waals surface area (Å²) in [4.78, 5) is 27.8. The Morgan fingerprint density at radius 3 is 2.80 bits per heavy atom. The van der Waals surface area contributed by atoms with E-state index in [1.165, 1.54) is 6.42 Å². The van der Waals surface area contributed by atoms with Crippen LogP contribution in [0.3, 0.4) is 0 Å². The van der Waals surface area contributed by atoms with Gasteiger partial charge in [-0.05, 0) is 44.6 Å². The average molecular weight is 372 g/mol. The highest BCUT2D eigenvalue weighted by Crippen LogP contribution is 2.44. The number of likely N-dealkylation sites (tertiary alicyclic amines) is 1. The van der Waals surface area contributed by atoms with Gasteiger partial charge in [0.2, 0.25) is 11.8 Å². The van der Waals surface area contributed by atoms with Gasteiger partial charge in [0.25, 0.3) is 0 Å². The summed E-state index contributed by atoms with van der Waals surface area (Å²) in [6.45, 7) is 3.96. The summed E-state index contributed by atoms with van der Waals surface area (Å²) in [7, 11) is 0. The second-order valence-electron chi connectivity index (χ2n) is 7.92. The number of fused-ring (bicyclic) bond motifs is 1. The first kappa shape index (κ1) is 18.9. The third kappa shape index (κ3) is 3.40. The summed E-state index contributed by atoms with van der Waals surface area (Å²) in [5.74, 6) is 0.670. The Labute approximate surface area is 155 Å². The quantitative estimate of drug-likeness (QED) is 0.779. The second kappa shape index (κ2) is 7.80. The number of rotatable bonds is 3. The Balaban J connectivity index is 0.00000182. The fourth-order valence-corrected chi connectivity index (χ4v) is 5.19. The lowest BCUT2D eigenvalue weighted by atomic mass is 9.67. The van der Waals surface area contributed by atoms with Crippen molar-refractivity contribution in [1.29, 1.82) is 0 Å². The van der Waals surface area contributed by atoms with Gasteiger partial charge in [0, 0.05) is 32.3 Å². The van der Waals surface area contributed by atoms with Crippen LogP contribution >= 0.6 is 12.4 Å². The van der Waals surface area contributed by atoms with Crippen molar-refractivity contribution >= 4 is 24.2 Å². The van der Waals surface area contributed by atoms with Crippen molar-refractivity contribution in [2.75, 3.05) is 32.8 Å². The summed E-state index contributed by atoms with van der Waals surface area (Å²) in [6, 6.07) is -0.0280. The Kier molecular flexibility index (Phi) is 5.91. The number of nitrogens with one attached hydrogen (secondary N) is 2. The first-order valence-electron chi connectivity index (χ1n) is 9.61. The SMILES string of the molecule is Cl.O=C1C(NC(=O)[C@@]23CCCC[C@H]2CNC3)CCN1C1CCOCC1. The Bertz CT molecular complexity index is 512. The molecule has 2 N–H and O–H groups in total. The maximum Gasteiger partial charge on any atom is 0.245 e. The van der Waals surface area contributed by atoms with E-state index in [-0.39, 0.29) is 35.7 Å². The number of amides is 2. The summed E-state index contributed by atoms with van der Waals surface area (Å²) in [5.41, 5.74) is -0.273. The molecule has 4 fully saturated rings. The van der Waals surface area contributed by atoms with E-state index < -0.39 is 0 Å². The maximum atomic E-state index is 13.0. The molecule has 3 aliphatic heterocycles. The zero-order valence-corrected chi connectivity index (χ0v) is 15.6. The molecule has 3 saturated heterocycles. The van der Waals surface area contributed by atoms with Crippen molar-refractivity contribution in [3.05, 3.63) is 0 Å². The Hall–Kier alpha value is -0.850. The van der Waals surface area contributed by atoms with E-state index in [1.807, 2.05) is 4.90 Å². The molecule has 0 aromatic rings. The van der Waals surface area contributed by atoms with E-state index in [4.69, 9.17) is 4.74 Å². The molecule has 3 atom stereocenters. The molecule has 0 radical (unpaired) electrons. The molecule has 4 aliphatic rings. The summed E-state index contributed by atoms with van der Waals surface area (Å²) < 4.78 is 5.40. The lowest BCUT2D eigenvalue weighted by molar-refractivity contribution is -0.140. The standard InChI is InChI=1S/C18H29N3O3.ClH/c22-16-15(4-8-21(16)14-5-9-24-10-6-14)20-17(23)18-7-2-1-3-13(18)11-19-12-18;/h13-15,19H,1-12H2,(H,20,23);1H/t13-,15?,18+;/m0./s1. The van der Waals surface area contributed by atoms with Crippen molar-refractivity contribution in [3.63, 3.8) is 0 Å². The van der Waals surface area contributed by atoms with Gasteiger partial charge < -0.3 is 20.3 Å². The molecule has 0 spiro atoms. The minimum absolute atomic E-state index is 0. The molecule has 1 aliphatic carbocycles. The van der Waals surface area contributed by atoms with Gasteiger partial charge in [-0.25, -0.2) is 0 Å². The number of nitrogens with zero attached hydrogens (tertiary/aromatic N) is 1. The van der Waals surface area contributed by atoms with Crippen LogP contribution in [0.2, 0.25) is 0 Å². The topological polar surface area (TPSA) is 70.7 Å². The lowest BCUT2D eigenvalue weighted by Gasteiger charge is -2.37. The minimum atomic E-state index is -0.321. The molecule has 0 aromatic carbocycles. The predicted octanol–water partition coefficient (Wildman–Crippen LogP) is 1.08. The highest BCUT2D eigenvalue weighted by atomic mass is 35.5.